The number of nitrogens with two attached hydrogens (primary N) is 1. The lowest BCUT2D eigenvalue weighted by Crippen LogP contribution is -2.41. The number of nitrogens with zero attached hydrogens (tertiary/aromatic N) is 1. The summed E-state index contributed by atoms with van der Waals surface area (Å²) in [5.74, 6) is 0.446. The Balaban J connectivity index is 1.92. The van der Waals surface area contributed by atoms with Crippen molar-refractivity contribution in [2.45, 2.75) is 25.3 Å². The van der Waals surface area contributed by atoms with E-state index >= 15 is 0 Å². The van der Waals surface area contributed by atoms with Gasteiger partial charge in [-0.15, -0.1) is 0 Å². The van der Waals surface area contributed by atoms with E-state index in [9.17, 15) is 9.59 Å². The molecule has 2 aromatic rings. The van der Waals surface area contributed by atoms with E-state index in [1.54, 1.807) is 14.1 Å². The van der Waals surface area contributed by atoms with Crippen molar-refractivity contribution in [2.24, 2.45) is 5.73 Å². The zero-order valence-corrected chi connectivity index (χ0v) is 15.0. The monoisotopic (exact) mass is 356 g/mol. The molecular formula is C20H24N2O4. The number of aryl methyl sites for hydroxylation is 1. The van der Waals surface area contributed by atoms with Gasteiger partial charge in [0.25, 0.3) is 0 Å². The average molecular weight is 356 g/mol. The van der Waals surface area contributed by atoms with Crippen LogP contribution in [0.4, 0.5) is 0 Å². The topological polar surface area (TPSA) is 92.9 Å². The van der Waals surface area contributed by atoms with Crippen LogP contribution in [0.25, 0.3) is 0 Å². The van der Waals surface area contributed by atoms with Gasteiger partial charge >= 0.3 is 5.97 Å². The molecule has 0 aliphatic heterocycles. The zero-order valence-electron chi connectivity index (χ0n) is 15.0. The number of carbonyl (C=O) groups is 2. The third-order valence-electron chi connectivity index (χ3n) is 3.92. The molecule has 0 bridgehead atoms. The Hall–Kier alpha value is -2.86. The number of benzene rings is 2. The number of amides is 1. The van der Waals surface area contributed by atoms with Crippen molar-refractivity contribution in [3.63, 3.8) is 0 Å². The first-order valence-electron chi connectivity index (χ1n) is 8.39. The maximum absolute atomic E-state index is 11.8. The Labute approximate surface area is 153 Å². The van der Waals surface area contributed by atoms with E-state index in [-0.39, 0.29) is 12.3 Å². The van der Waals surface area contributed by atoms with Crippen LogP contribution < -0.4 is 10.5 Å². The predicted molar refractivity (Wildman–Crippen MR) is 99.3 cm³/mol. The van der Waals surface area contributed by atoms with Gasteiger partial charge in [0.05, 0.1) is 6.04 Å². The first-order valence-corrected chi connectivity index (χ1v) is 8.39. The summed E-state index contributed by atoms with van der Waals surface area (Å²) in [4.78, 5) is 23.9. The largest absolute Gasteiger partial charge is 0.481 e. The van der Waals surface area contributed by atoms with Crippen LogP contribution in [0, 0.1) is 0 Å². The summed E-state index contributed by atoms with van der Waals surface area (Å²) in [7, 11) is 3.37. The number of ether oxygens (including phenoxy) is 1. The summed E-state index contributed by atoms with van der Waals surface area (Å²) >= 11 is 0. The minimum Gasteiger partial charge on any atom is -0.481 e. The second-order valence-corrected chi connectivity index (χ2v) is 6.33. The van der Waals surface area contributed by atoms with Crippen LogP contribution in [0.1, 0.15) is 17.5 Å². The molecule has 138 valence electrons. The number of carbonyl (C=O) groups excluding carboxylic acids is 1. The molecule has 0 aliphatic carbocycles. The Kier molecular flexibility index (Phi) is 6.74. The maximum atomic E-state index is 11.8. The highest BCUT2D eigenvalue weighted by atomic mass is 16.5. The number of likely N-dealkylation sites (N-methyl/N-ethyl adjacent to an activating group) is 1. The fraction of sp³-hybridized carbons (Fsp3) is 0.300. The molecule has 0 saturated carbocycles. The third-order valence-corrected chi connectivity index (χ3v) is 3.92. The lowest BCUT2D eigenvalue weighted by molar-refractivity contribution is -0.137. The van der Waals surface area contributed by atoms with Crippen molar-refractivity contribution in [2.75, 3.05) is 14.1 Å². The molecule has 0 saturated heterocycles. The molecule has 3 N–H and O–H groups in total. The number of carboxylic acids is 1. The molecule has 1 atom stereocenters. The number of carboxylic acid groups (broad SMARTS) is 1. The SMILES string of the molecule is CN(C)C(=O)[C@@H](N)Cc1ccc(Oc2ccc(CCC(=O)O)cc2)cc1. The van der Waals surface area contributed by atoms with Gasteiger partial charge in [0.2, 0.25) is 5.91 Å². The predicted octanol–water partition coefficient (Wildman–Crippen LogP) is 2.45. The van der Waals surface area contributed by atoms with E-state index in [4.69, 9.17) is 15.6 Å². The Morgan fingerprint density at radius 1 is 1.00 bits per heavy atom. The molecule has 6 heteroatoms. The van der Waals surface area contributed by atoms with Crippen LogP contribution in [0.15, 0.2) is 48.5 Å². The molecule has 0 radical (unpaired) electrons. The van der Waals surface area contributed by atoms with E-state index in [2.05, 4.69) is 0 Å². The van der Waals surface area contributed by atoms with Gasteiger partial charge in [0.1, 0.15) is 11.5 Å². The third kappa shape index (κ3) is 5.89. The Morgan fingerprint density at radius 2 is 1.50 bits per heavy atom. The molecule has 0 aliphatic rings. The van der Waals surface area contributed by atoms with Crippen LogP contribution in [0.3, 0.4) is 0 Å². The van der Waals surface area contributed by atoms with E-state index in [1.807, 2.05) is 48.5 Å². The average Bonchev–Trinajstić information content (AvgIpc) is 2.62. The number of hydrogen-bond acceptors (Lipinski definition) is 4. The van der Waals surface area contributed by atoms with Crippen LogP contribution in [-0.2, 0) is 22.4 Å². The molecule has 2 aromatic carbocycles. The van der Waals surface area contributed by atoms with Gasteiger partial charge in [-0.3, -0.25) is 9.59 Å². The maximum Gasteiger partial charge on any atom is 0.303 e. The second kappa shape index (κ2) is 9.01. The van der Waals surface area contributed by atoms with Crippen molar-refractivity contribution in [1.29, 1.82) is 0 Å². The summed E-state index contributed by atoms with van der Waals surface area (Å²) < 4.78 is 5.78. The Morgan fingerprint density at radius 3 is 1.96 bits per heavy atom. The van der Waals surface area contributed by atoms with E-state index in [1.165, 1.54) is 4.90 Å². The molecule has 0 fully saturated rings. The summed E-state index contributed by atoms with van der Waals surface area (Å²) in [6, 6.07) is 14.2. The number of rotatable bonds is 8. The van der Waals surface area contributed by atoms with Gasteiger partial charge in [0, 0.05) is 20.5 Å². The Bertz CT molecular complexity index is 739. The van der Waals surface area contributed by atoms with Gasteiger partial charge in [-0.25, -0.2) is 0 Å². The second-order valence-electron chi connectivity index (χ2n) is 6.33. The molecule has 6 nitrogen and oxygen atoms in total. The standard InChI is InChI=1S/C20H24N2O4/c1-22(2)20(25)18(21)13-15-5-10-17(11-6-15)26-16-8-3-14(4-9-16)7-12-19(23)24/h3-6,8-11,18H,7,12-13,21H2,1-2H3,(H,23,24)/t18-/m0/s1. The smallest absolute Gasteiger partial charge is 0.303 e. The summed E-state index contributed by atoms with van der Waals surface area (Å²) in [6.45, 7) is 0. The van der Waals surface area contributed by atoms with Crippen LogP contribution in [0.2, 0.25) is 0 Å². The minimum atomic E-state index is -0.808. The van der Waals surface area contributed by atoms with Crippen molar-refractivity contribution >= 4 is 11.9 Å². The van der Waals surface area contributed by atoms with Gasteiger partial charge in [-0.2, -0.15) is 0 Å². The highest BCUT2D eigenvalue weighted by Gasteiger charge is 2.15. The number of hydrogen-bond donors (Lipinski definition) is 2. The normalized spacial score (nSPS) is 11.7. The lowest BCUT2D eigenvalue weighted by Gasteiger charge is -2.16. The molecule has 26 heavy (non-hydrogen) atoms. The lowest BCUT2D eigenvalue weighted by atomic mass is 10.1. The first-order chi connectivity index (χ1) is 12.3. The molecule has 0 spiro atoms. The molecule has 1 amide bonds. The first kappa shape index (κ1) is 19.5. The van der Waals surface area contributed by atoms with Crippen molar-refractivity contribution in [3.8, 4) is 11.5 Å². The minimum absolute atomic E-state index is 0.103. The summed E-state index contributed by atoms with van der Waals surface area (Å²) in [5.41, 5.74) is 7.83. The van der Waals surface area contributed by atoms with Gasteiger partial charge in [0.15, 0.2) is 0 Å². The van der Waals surface area contributed by atoms with Gasteiger partial charge in [-0.1, -0.05) is 24.3 Å². The zero-order chi connectivity index (χ0) is 19.1. The molecular weight excluding hydrogens is 332 g/mol. The van der Waals surface area contributed by atoms with Gasteiger partial charge < -0.3 is 20.5 Å². The van der Waals surface area contributed by atoms with Crippen molar-refractivity contribution in [3.05, 3.63) is 59.7 Å². The van der Waals surface area contributed by atoms with Crippen LogP contribution >= 0.6 is 0 Å². The van der Waals surface area contributed by atoms with Crippen molar-refractivity contribution < 1.29 is 19.4 Å². The summed E-state index contributed by atoms with van der Waals surface area (Å²) in [6.07, 6.45) is 1.08. The summed E-state index contributed by atoms with van der Waals surface area (Å²) in [5, 5.41) is 8.71. The van der Waals surface area contributed by atoms with E-state index in [0.717, 1.165) is 11.1 Å². The molecule has 0 aromatic heterocycles. The van der Waals surface area contributed by atoms with E-state index < -0.39 is 12.0 Å². The molecule has 0 heterocycles. The van der Waals surface area contributed by atoms with Gasteiger partial charge in [-0.05, 0) is 48.2 Å². The van der Waals surface area contributed by atoms with E-state index in [0.29, 0.717) is 24.3 Å². The van der Waals surface area contributed by atoms with Crippen LogP contribution in [-0.4, -0.2) is 42.0 Å². The molecule has 2 rings (SSSR count). The fourth-order valence-corrected chi connectivity index (χ4v) is 2.48. The highest BCUT2D eigenvalue weighted by molar-refractivity contribution is 5.81. The molecule has 0 unspecified atom stereocenters. The van der Waals surface area contributed by atoms with Crippen molar-refractivity contribution in [1.82, 2.24) is 4.90 Å². The highest BCUT2D eigenvalue weighted by Crippen LogP contribution is 2.22. The van der Waals surface area contributed by atoms with Crippen LogP contribution in [0.5, 0.6) is 11.5 Å². The quantitative estimate of drug-likeness (QED) is 0.758. The number of aliphatic carboxylic acids is 1. The fourth-order valence-electron chi connectivity index (χ4n) is 2.48.